The van der Waals surface area contributed by atoms with Crippen LogP contribution in [0.3, 0.4) is 0 Å². The number of nitrogens with zero attached hydrogens (tertiary/aromatic N) is 1. The average Bonchev–Trinajstić information content (AvgIpc) is 3.31. The molecule has 2 fully saturated rings. The van der Waals surface area contributed by atoms with Crippen LogP contribution in [-0.4, -0.2) is 37.8 Å². The minimum atomic E-state index is -3.92. The second kappa shape index (κ2) is 8.86. The van der Waals surface area contributed by atoms with Crippen molar-refractivity contribution in [3.05, 3.63) is 65.5 Å². The molecule has 30 heavy (non-hydrogen) atoms. The summed E-state index contributed by atoms with van der Waals surface area (Å²) in [6.45, 7) is 0.783. The molecule has 1 saturated heterocycles. The van der Waals surface area contributed by atoms with Gasteiger partial charge < -0.3 is 5.32 Å². The summed E-state index contributed by atoms with van der Waals surface area (Å²) < 4.78 is 41.1. The summed E-state index contributed by atoms with van der Waals surface area (Å²) in [5.41, 5.74) is 1.51. The van der Waals surface area contributed by atoms with Gasteiger partial charge in [0.05, 0.1) is 0 Å². The number of sulfonamides is 1. The summed E-state index contributed by atoms with van der Waals surface area (Å²) >= 11 is 0. The number of carbonyl (C=O) groups excluding carboxylic acids is 1. The minimum absolute atomic E-state index is 0.0427. The van der Waals surface area contributed by atoms with E-state index < -0.39 is 20.7 Å². The van der Waals surface area contributed by atoms with Crippen molar-refractivity contribution in [1.82, 2.24) is 9.62 Å². The summed E-state index contributed by atoms with van der Waals surface area (Å²) in [6, 6.07) is 14.0. The molecule has 160 valence electrons. The summed E-state index contributed by atoms with van der Waals surface area (Å²) in [4.78, 5) is 12.3. The quantitative estimate of drug-likeness (QED) is 0.778. The minimum Gasteiger partial charge on any atom is -0.349 e. The Morgan fingerprint density at radius 2 is 1.63 bits per heavy atom. The lowest BCUT2D eigenvalue weighted by Crippen LogP contribution is -2.37. The summed E-state index contributed by atoms with van der Waals surface area (Å²) in [6.07, 6.45) is 5.26. The van der Waals surface area contributed by atoms with Crippen LogP contribution in [0.25, 0.3) is 0 Å². The molecule has 1 saturated carbocycles. The van der Waals surface area contributed by atoms with Crippen LogP contribution in [0.2, 0.25) is 0 Å². The first-order valence-electron chi connectivity index (χ1n) is 10.6. The smallest absolute Gasteiger partial charge is 0.251 e. The van der Waals surface area contributed by atoms with Crippen LogP contribution in [0.15, 0.2) is 53.4 Å². The van der Waals surface area contributed by atoms with Crippen molar-refractivity contribution in [2.45, 2.75) is 55.4 Å². The van der Waals surface area contributed by atoms with Gasteiger partial charge in [0.25, 0.3) is 5.91 Å². The van der Waals surface area contributed by atoms with Crippen molar-refractivity contribution in [2.24, 2.45) is 0 Å². The molecular formula is C23H27FN2O3S. The lowest BCUT2D eigenvalue weighted by molar-refractivity contribution is 0.0925. The van der Waals surface area contributed by atoms with E-state index in [9.17, 15) is 17.6 Å². The van der Waals surface area contributed by atoms with E-state index in [1.54, 1.807) is 0 Å². The highest BCUT2D eigenvalue weighted by atomic mass is 32.2. The first-order valence-corrected chi connectivity index (χ1v) is 12.0. The number of rotatable bonds is 5. The van der Waals surface area contributed by atoms with Crippen molar-refractivity contribution in [2.75, 3.05) is 13.1 Å². The molecule has 5 nitrogen and oxygen atoms in total. The number of halogens is 1. The molecule has 4 rings (SSSR count). The third-order valence-corrected chi connectivity index (χ3v) is 8.12. The van der Waals surface area contributed by atoms with Gasteiger partial charge >= 0.3 is 0 Å². The molecule has 2 aromatic carbocycles. The van der Waals surface area contributed by atoms with Crippen LogP contribution in [0, 0.1) is 5.82 Å². The molecule has 0 unspecified atom stereocenters. The molecule has 0 aromatic heterocycles. The van der Waals surface area contributed by atoms with E-state index >= 15 is 0 Å². The standard InChI is InChI=1S/C23H27FN2O3S/c24-21-13-10-19(16-22(21)30(28,29)26-14-4-5-15-26)23(27)25-20-11-8-18(9-12-20)17-6-2-1-3-7-17/h1-3,6-7,10,13,16,18,20H,4-5,8-9,11-12,14-15H2,(H,25,27). The van der Waals surface area contributed by atoms with E-state index in [2.05, 4.69) is 17.4 Å². The fraction of sp³-hybridized carbons (Fsp3) is 0.435. The molecule has 1 amide bonds. The van der Waals surface area contributed by atoms with Crippen molar-refractivity contribution < 1.29 is 17.6 Å². The third-order valence-electron chi connectivity index (χ3n) is 6.21. The van der Waals surface area contributed by atoms with Gasteiger partial charge in [0.1, 0.15) is 10.7 Å². The number of carbonyl (C=O) groups is 1. The van der Waals surface area contributed by atoms with Crippen molar-refractivity contribution in [1.29, 1.82) is 0 Å². The Morgan fingerprint density at radius 1 is 0.967 bits per heavy atom. The van der Waals surface area contributed by atoms with Gasteiger partial charge in [0.2, 0.25) is 10.0 Å². The van der Waals surface area contributed by atoms with Gasteiger partial charge in [-0.3, -0.25) is 4.79 Å². The summed E-state index contributed by atoms with van der Waals surface area (Å²) in [5, 5.41) is 3.01. The highest BCUT2D eigenvalue weighted by molar-refractivity contribution is 7.89. The van der Waals surface area contributed by atoms with Gasteiger partial charge in [0, 0.05) is 24.7 Å². The molecule has 1 aliphatic carbocycles. The highest BCUT2D eigenvalue weighted by Gasteiger charge is 2.31. The number of nitrogens with one attached hydrogen (secondary N) is 1. The van der Waals surface area contributed by atoms with Crippen molar-refractivity contribution >= 4 is 15.9 Å². The maximum atomic E-state index is 14.3. The zero-order valence-electron chi connectivity index (χ0n) is 16.9. The average molecular weight is 431 g/mol. The van der Waals surface area contributed by atoms with Crippen LogP contribution >= 0.6 is 0 Å². The lowest BCUT2D eigenvalue weighted by Gasteiger charge is -2.29. The maximum Gasteiger partial charge on any atom is 0.251 e. The number of hydrogen-bond acceptors (Lipinski definition) is 3. The normalized spacial score (nSPS) is 22.7. The topological polar surface area (TPSA) is 66.5 Å². The Kier molecular flexibility index (Phi) is 6.20. The number of benzene rings is 2. The molecule has 0 spiro atoms. The predicted octanol–water partition coefficient (Wildman–Crippen LogP) is 4.07. The third kappa shape index (κ3) is 4.42. The molecule has 7 heteroatoms. The Balaban J connectivity index is 1.42. The molecule has 0 radical (unpaired) electrons. The molecular weight excluding hydrogens is 403 g/mol. The molecule has 1 N–H and O–H groups in total. The molecule has 0 atom stereocenters. The van der Waals surface area contributed by atoms with Crippen LogP contribution in [0.1, 0.15) is 60.4 Å². The Hall–Kier alpha value is -2.25. The van der Waals surface area contributed by atoms with Gasteiger partial charge in [-0.25, -0.2) is 12.8 Å². The fourth-order valence-corrected chi connectivity index (χ4v) is 6.08. The van der Waals surface area contributed by atoms with E-state index in [1.807, 2.05) is 18.2 Å². The monoisotopic (exact) mass is 430 g/mol. The highest BCUT2D eigenvalue weighted by Crippen LogP contribution is 2.33. The molecule has 1 heterocycles. The van der Waals surface area contributed by atoms with Crippen molar-refractivity contribution in [3.8, 4) is 0 Å². The summed E-state index contributed by atoms with van der Waals surface area (Å²) in [5.74, 6) is -0.666. The zero-order chi connectivity index (χ0) is 21.1. The van der Waals surface area contributed by atoms with Gasteiger partial charge in [-0.15, -0.1) is 0 Å². The maximum absolute atomic E-state index is 14.3. The zero-order valence-corrected chi connectivity index (χ0v) is 17.7. The lowest BCUT2D eigenvalue weighted by atomic mass is 9.82. The number of hydrogen-bond donors (Lipinski definition) is 1. The van der Waals surface area contributed by atoms with Gasteiger partial charge in [-0.05, 0) is 68.2 Å². The second-order valence-corrected chi connectivity index (χ2v) is 10.1. The van der Waals surface area contributed by atoms with Crippen LogP contribution in [0.5, 0.6) is 0 Å². The molecule has 1 aliphatic heterocycles. The molecule has 0 bridgehead atoms. The van der Waals surface area contributed by atoms with Crippen LogP contribution in [-0.2, 0) is 10.0 Å². The van der Waals surface area contributed by atoms with Gasteiger partial charge in [-0.2, -0.15) is 4.31 Å². The molecule has 2 aliphatic rings. The predicted molar refractivity (Wildman–Crippen MR) is 113 cm³/mol. The van der Waals surface area contributed by atoms with Crippen LogP contribution in [0.4, 0.5) is 4.39 Å². The van der Waals surface area contributed by atoms with E-state index in [1.165, 1.54) is 22.0 Å². The summed E-state index contributed by atoms with van der Waals surface area (Å²) in [7, 11) is -3.92. The van der Waals surface area contributed by atoms with E-state index in [0.29, 0.717) is 19.0 Å². The van der Waals surface area contributed by atoms with E-state index in [-0.39, 0.29) is 17.5 Å². The Morgan fingerprint density at radius 3 is 2.30 bits per heavy atom. The largest absolute Gasteiger partial charge is 0.349 e. The Labute approximate surface area is 177 Å². The fourth-order valence-electron chi connectivity index (χ4n) is 4.47. The Bertz CT molecular complexity index is 996. The molecule has 2 aromatic rings. The first kappa shape index (κ1) is 21.0. The van der Waals surface area contributed by atoms with E-state index in [4.69, 9.17) is 0 Å². The van der Waals surface area contributed by atoms with Crippen LogP contribution < -0.4 is 5.32 Å². The SMILES string of the molecule is O=C(NC1CCC(c2ccccc2)CC1)c1ccc(F)c(S(=O)(=O)N2CCCC2)c1. The van der Waals surface area contributed by atoms with Gasteiger partial charge in [0.15, 0.2) is 0 Å². The van der Waals surface area contributed by atoms with E-state index in [0.717, 1.165) is 44.6 Å². The first-order chi connectivity index (χ1) is 14.4. The van der Waals surface area contributed by atoms with Crippen molar-refractivity contribution in [3.63, 3.8) is 0 Å². The van der Waals surface area contributed by atoms with Gasteiger partial charge in [-0.1, -0.05) is 30.3 Å². The number of amides is 1. The second-order valence-electron chi connectivity index (χ2n) is 8.19.